The second-order valence-electron chi connectivity index (χ2n) is 2.26. The van der Waals surface area contributed by atoms with E-state index in [1.54, 1.807) is 13.0 Å². The average molecular weight is 171 g/mol. The third-order valence-corrected chi connectivity index (χ3v) is 1.08. The third-order valence-electron chi connectivity index (χ3n) is 1.08. The van der Waals surface area contributed by atoms with Gasteiger partial charge in [-0.25, -0.2) is 0 Å². The summed E-state index contributed by atoms with van der Waals surface area (Å²) in [6.45, 7) is 4.15. The molecule has 0 spiro atoms. The first-order valence-corrected chi connectivity index (χ1v) is 3.88. The van der Waals surface area contributed by atoms with E-state index in [1.807, 2.05) is 6.92 Å². The Morgan fingerprint density at radius 1 is 1.67 bits per heavy atom. The smallest absolute Gasteiger partial charge is 0.322 e. The fourth-order valence-electron chi connectivity index (χ4n) is 0.609. The van der Waals surface area contributed by atoms with Crippen LogP contribution < -0.4 is 0 Å². The highest BCUT2D eigenvalue weighted by Gasteiger charge is 2.07. The zero-order valence-electron chi connectivity index (χ0n) is 7.37. The maximum Gasteiger partial charge on any atom is 0.322 e. The summed E-state index contributed by atoms with van der Waals surface area (Å²) in [6.07, 6.45) is 0.103. The zero-order valence-corrected chi connectivity index (χ0v) is 7.37. The summed E-state index contributed by atoms with van der Waals surface area (Å²) in [4.78, 5) is 10.7. The van der Waals surface area contributed by atoms with Crippen LogP contribution in [0.1, 0.15) is 26.7 Å². The number of hydrogen-bond donors (Lipinski definition) is 0. The van der Waals surface area contributed by atoms with Crippen molar-refractivity contribution in [1.82, 2.24) is 0 Å². The first-order chi connectivity index (χ1) is 5.70. The number of esters is 1. The molecular formula is C8H13NO3. The summed E-state index contributed by atoms with van der Waals surface area (Å²) in [6, 6.07) is 1.70. The van der Waals surface area contributed by atoms with Gasteiger partial charge in [-0.15, -0.1) is 0 Å². The highest BCUT2D eigenvalue weighted by molar-refractivity contribution is 5.71. The lowest BCUT2D eigenvalue weighted by Gasteiger charge is -2.11. The van der Waals surface area contributed by atoms with Crippen LogP contribution in [-0.2, 0) is 14.3 Å². The Morgan fingerprint density at radius 3 is 2.83 bits per heavy atom. The van der Waals surface area contributed by atoms with Gasteiger partial charge in [-0.05, 0) is 13.3 Å². The Hall–Kier alpha value is -1.08. The molecule has 1 atom stereocenters. The van der Waals surface area contributed by atoms with E-state index in [1.165, 1.54) is 0 Å². The molecule has 0 N–H and O–H groups in total. The molecule has 0 amide bonds. The first-order valence-electron chi connectivity index (χ1n) is 3.88. The van der Waals surface area contributed by atoms with Crippen LogP contribution in [0.25, 0.3) is 0 Å². The number of hydrogen-bond acceptors (Lipinski definition) is 4. The van der Waals surface area contributed by atoms with Crippen LogP contribution in [0.5, 0.6) is 0 Å². The molecule has 0 heterocycles. The molecule has 0 aromatic carbocycles. The second kappa shape index (κ2) is 6.62. The maximum absolute atomic E-state index is 10.7. The fourth-order valence-corrected chi connectivity index (χ4v) is 0.609. The van der Waals surface area contributed by atoms with Crippen molar-refractivity contribution in [1.29, 1.82) is 5.26 Å². The van der Waals surface area contributed by atoms with Gasteiger partial charge in [-0.1, -0.05) is 6.92 Å². The van der Waals surface area contributed by atoms with Crippen molar-refractivity contribution >= 4 is 5.97 Å². The van der Waals surface area contributed by atoms with Gasteiger partial charge < -0.3 is 9.47 Å². The molecule has 0 saturated heterocycles. The van der Waals surface area contributed by atoms with Crippen molar-refractivity contribution in [2.45, 2.75) is 33.0 Å². The van der Waals surface area contributed by atoms with Crippen LogP contribution in [0, 0.1) is 11.3 Å². The van der Waals surface area contributed by atoms with Crippen molar-refractivity contribution in [2.75, 3.05) is 6.61 Å². The van der Waals surface area contributed by atoms with Crippen LogP contribution >= 0.6 is 0 Å². The minimum atomic E-state index is -0.550. The van der Waals surface area contributed by atoms with E-state index in [9.17, 15) is 4.79 Å². The van der Waals surface area contributed by atoms with E-state index in [-0.39, 0.29) is 6.42 Å². The largest absolute Gasteiger partial charge is 0.435 e. The number of nitriles is 1. The number of carbonyl (C=O) groups excluding carboxylic acids is 1. The highest BCUT2D eigenvalue weighted by atomic mass is 16.7. The van der Waals surface area contributed by atoms with E-state index >= 15 is 0 Å². The van der Waals surface area contributed by atoms with Crippen molar-refractivity contribution in [3.05, 3.63) is 0 Å². The molecule has 0 fully saturated rings. The van der Waals surface area contributed by atoms with Gasteiger partial charge in [0.2, 0.25) is 0 Å². The molecule has 1 unspecified atom stereocenters. The van der Waals surface area contributed by atoms with Crippen molar-refractivity contribution < 1.29 is 14.3 Å². The Balaban J connectivity index is 3.48. The lowest BCUT2D eigenvalue weighted by Crippen LogP contribution is -2.17. The van der Waals surface area contributed by atoms with Gasteiger partial charge in [0.25, 0.3) is 0 Å². The minimum absolute atomic E-state index is 0.222. The Labute approximate surface area is 72.1 Å². The fraction of sp³-hybridized carbons (Fsp3) is 0.750. The molecule has 0 aromatic heterocycles. The topological polar surface area (TPSA) is 59.3 Å². The quantitative estimate of drug-likeness (QED) is 0.461. The van der Waals surface area contributed by atoms with Gasteiger partial charge in [0, 0.05) is 0 Å². The zero-order chi connectivity index (χ0) is 9.40. The molecule has 0 aliphatic carbocycles. The number of rotatable bonds is 5. The SMILES string of the molecule is CCCOC(C)OC(=O)CC#N. The highest BCUT2D eigenvalue weighted by Crippen LogP contribution is 1.96. The number of carbonyl (C=O) groups is 1. The molecule has 0 bridgehead atoms. The average Bonchev–Trinajstić information content (AvgIpc) is 2.01. The van der Waals surface area contributed by atoms with Crippen LogP contribution in [0.4, 0.5) is 0 Å². The van der Waals surface area contributed by atoms with Gasteiger partial charge in [-0.2, -0.15) is 5.26 Å². The summed E-state index contributed by atoms with van der Waals surface area (Å²) in [5.41, 5.74) is 0. The van der Waals surface area contributed by atoms with E-state index in [0.717, 1.165) is 6.42 Å². The monoisotopic (exact) mass is 171 g/mol. The molecule has 0 aromatic rings. The molecule has 0 aliphatic rings. The molecule has 0 radical (unpaired) electrons. The van der Waals surface area contributed by atoms with Gasteiger partial charge in [-0.3, -0.25) is 4.79 Å². The molecule has 0 saturated carbocycles. The third kappa shape index (κ3) is 5.69. The van der Waals surface area contributed by atoms with E-state index < -0.39 is 12.3 Å². The second-order valence-corrected chi connectivity index (χ2v) is 2.26. The van der Waals surface area contributed by atoms with Crippen molar-refractivity contribution in [2.24, 2.45) is 0 Å². The Kier molecular flexibility index (Phi) is 6.02. The van der Waals surface area contributed by atoms with Gasteiger partial charge in [0.1, 0.15) is 6.42 Å². The summed E-state index contributed by atoms with van der Waals surface area (Å²) >= 11 is 0. The predicted octanol–water partition coefficient (Wildman–Crippen LogP) is 1.22. The number of ether oxygens (including phenoxy) is 2. The summed E-state index contributed by atoms with van der Waals surface area (Å²) in [5.74, 6) is -0.541. The molecule has 12 heavy (non-hydrogen) atoms. The van der Waals surface area contributed by atoms with Crippen LogP contribution in [0.2, 0.25) is 0 Å². The molecule has 0 aliphatic heterocycles. The van der Waals surface area contributed by atoms with Gasteiger partial charge in [0.15, 0.2) is 6.29 Å². The predicted molar refractivity (Wildman–Crippen MR) is 42.0 cm³/mol. The van der Waals surface area contributed by atoms with Gasteiger partial charge in [0.05, 0.1) is 12.7 Å². The summed E-state index contributed by atoms with van der Waals surface area (Å²) in [5, 5.41) is 8.13. The van der Waals surface area contributed by atoms with Crippen LogP contribution in [-0.4, -0.2) is 18.9 Å². The molecular weight excluding hydrogens is 158 g/mol. The standard InChI is InChI=1S/C8H13NO3/c1-3-6-11-7(2)12-8(10)4-5-9/h7H,3-4,6H2,1-2H3. The van der Waals surface area contributed by atoms with E-state index in [4.69, 9.17) is 14.7 Å². The Bertz CT molecular complexity index is 174. The summed E-state index contributed by atoms with van der Waals surface area (Å²) < 4.78 is 9.76. The summed E-state index contributed by atoms with van der Waals surface area (Å²) in [7, 11) is 0. The lowest BCUT2D eigenvalue weighted by atomic mass is 10.5. The Morgan fingerprint density at radius 2 is 2.33 bits per heavy atom. The molecule has 0 rings (SSSR count). The van der Waals surface area contributed by atoms with Crippen LogP contribution in [0.15, 0.2) is 0 Å². The normalized spacial score (nSPS) is 11.8. The van der Waals surface area contributed by atoms with Gasteiger partial charge >= 0.3 is 5.97 Å². The first kappa shape index (κ1) is 10.9. The van der Waals surface area contributed by atoms with Crippen LogP contribution in [0.3, 0.4) is 0 Å². The van der Waals surface area contributed by atoms with Crippen molar-refractivity contribution in [3.8, 4) is 6.07 Å². The lowest BCUT2D eigenvalue weighted by molar-refractivity contribution is -0.173. The molecule has 4 heteroatoms. The van der Waals surface area contributed by atoms with Crippen molar-refractivity contribution in [3.63, 3.8) is 0 Å². The van der Waals surface area contributed by atoms with E-state index in [0.29, 0.717) is 6.61 Å². The number of nitrogens with zero attached hydrogens (tertiary/aromatic N) is 1. The molecule has 68 valence electrons. The van der Waals surface area contributed by atoms with E-state index in [2.05, 4.69) is 0 Å². The molecule has 4 nitrogen and oxygen atoms in total. The minimum Gasteiger partial charge on any atom is -0.435 e. The maximum atomic E-state index is 10.7.